The summed E-state index contributed by atoms with van der Waals surface area (Å²) in [5.41, 5.74) is 1.87. The fraction of sp³-hybridized carbons (Fsp3) is 0.200. The summed E-state index contributed by atoms with van der Waals surface area (Å²) in [6.07, 6.45) is -4.67. The Labute approximate surface area is 129 Å². The first kappa shape index (κ1) is 15.9. The van der Waals surface area contributed by atoms with Gasteiger partial charge in [0.25, 0.3) is 0 Å². The third kappa shape index (κ3) is 4.47. The quantitative estimate of drug-likeness (QED) is 0.857. The lowest BCUT2D eigenvalue weighted by atomic mass is 9.99. The molecule has 0 fully saturated rings. The minimum atomic E-state index is -4.67. The van der Waals surface area contributed by atoms with Crippen molar-refractivity contribution >= 4 is 15.9 Å². The first-order valence-electron chi connectivity index (χ1n) is 6.17. The molecule has 0 radical (unpaired) electrons. The highest BCUT2D eigenvalue weighted by atomic mass is 79.9. The van der Waals surface area contributed by atoms with E-state index in [1.54, 1.807) is 19.2 Å². The first-order chi connectivity index (χ1) is 9.89. The molecule has 0 aromatic heterocycles. The SMILES string of the molecule is CNC(c1ccc(Br)cc1)c1ccc(OC(F)(F)F)cc1. The van der Waals surface area contributed by atoms with Crippen molar-refractivity contribution in [3.63, 3.8) is 0 Å². The van der Waals surface area contributed by atoms with E-state index in [1.165, 1.54) is 12.1 Å². The molecule has 112 valence electrons. The predicted octanol–water partition coefficient (Wildman–Crippen LogP) is 4.66. The van der Waals surface area contributed by atoms with Gasteiger partial charge in [-0.15, -0.1) is 13.2 Å². The number of hydrogen-bond acceptors (Lipinski definition) is 2. The van der Waals surface area contributed by atoms with Gasteiger partial charge in [0.1, 0.15) is 5.75 Å². The molecule has 0 bridgehead atoms. The van der Waals surface area contributed by atoms with Gasteiger partial charge in [-0.05, 0) is 42.4 Å². The molecule has 0 saturated carbocycles. The van der Waals surface area contributed by atoms with E-state index in [0.717, 1.165) is 15.6 Å². The van der Waals surface area contributed by atoms with Crippen LogP contribution in [0.1, 0.15) is 17.2 Å². The van der Waals surface area contributed by atoms with E-state index < -0.39 is 6.36 Å². The monoisotopic (exact) mass is 359 g/mol. The molecule has 0 amide bonds. The van der Waals surface area contributed by atoms with Crippen LogP contribution in [-0.2, 0) is 0 Å². The van der Waals surface area contributed by atoms with Gasteiger partial charge in [-0.25, -0.2) is 0 Å². The Balaban J connectivity index is 2.21. The van der Waals surface area contributed by atoms with Crippen molar-refractivity contribution in [3.8, 4) is 5.75 Å². The molecule has 0 heterocycles. The zero-order chi connectivity index (χ0) is 15.5. The molecule has 1 N–H and O–H groups in total. The second-order valence-electron chi connectivity index (χ2n) is 4.39. The maximum Gasteiger partial charge on any atom is 0.573 e. The number of hydrogen-bond donors (Lipinski definition) is 1. The molecule has 6 heteroatoms. The minimum absolute atomic E-state index is 0.0990. The fourth-order valence-electron chi connectivity index (χ4n) is 2.04. The van der Waals surface area contributed by atoms with Crippen molar-refractivity contribution in [2.24, 2.45) is 0 Å². The summed E-state index contributed by atoms with van der Waals surface area (Å²) in [7, 11) is 1.80. The lowest BCUT2D eigenvalue weighted by Crippen LogP contribution is -2.18. The summed E-state index contributed by atoms with van der Waals surface area (Å²) in [4.78, 5) is 0. The third-order valence-corrected chi connectivity index (χ3v) is 3.47. The molecular formula is C15H13BrF3NO. The molecule has 0 saturated heterocycles. The molecule has 2 rings (SSSR count). The van der Waals surface area contributed by atoms with Crippen LogP contribution in [-0.4, -0.2) is 13.4 Å². The van der Waals surface area contributed by atoms with Gasteiger partial charge in [-0.2, -0.15) is 0 Å². The van der Waals surface area contributed by atoms with E-state index in [-0.39, 0.29) is 11.8 Å². The van der Waals surface area contributed by atoms with Crippen LogP contribution in [0.15, 0.2) is 53.0 Å². The summed E-state index contributed by atoms with van der Waals surface area (Å²) in [6, 6.07) is 13.5. The van der Waals surface area contributed by atoms with Crippen LogP contribution < -0.4 is 10.1 Å². The van der Waals surface area contributed by atoms with Gasteiger partial charge in [-0.3, -0.25) is 0 Å². The van der Waals surface area contributed by atoms with E-state index in [2.05, 4.69) is 26.0 Å². The Morgan fingerprint density at radius 1 is 0.952 bits per heavy atom. The van der Waals surface area contributed by atoms with E-state index in [0.29, 0.717) is 0 Å². The van der Waals surface area contributed by atoms with Crippen molar-refractivity contribution in [2.45, 2.75) is 12.4 Å². The highest BCUT2D eigenvalue weighted by molar-refractivity contribution is 9.10. The van der Waals surface area contributed by atoms with Crippen molar-refractivity contribution in [1.29, 1.82) is 0 Å². The highest BCUT2D eigenvalue weighted by Gasteiger charge is 2.31. The molecular weight excluding hydrogens is 347 g/mol. The lowest BCUT2D eigenvalue weighted by molar-refractivity contribution is -0.274. The van der Waals surface area contributed by atoms with Crippen molar-refractivity contribution in [1.82, 2.24) is 5.32 Å². The van der Waals surface area contributed by atoms with Crippen molar-refractivity contribution in [3.05, 3.63) is 64.1 Å². The van der Waals surface area contributed by atoms with E-state index in [1.807, 2.05) is 24.3 Å². The number of ether oxygens (including phenoxy) is 1. The molecule has 2 aromatic rings. The number of benzene rings is 2. The Morgan fingerprint density at radius 3 is 1.86 bits per heavy atom. The first-order valence-corrected chi connectivity index (χ1v) is 6.97. The van der Waals surface area contributed by atoms with Gasteiger partial charge < -0.3 is 10.1 Å². The van der Waals surface area contributed by atoms with Crippen LogP contribution >= 0.6 is 15.9 Å². The third-order valence-electron chi connectivity index (χ3n) is 2.94. The summed E-state index contributed by atoms with van der Waals surface area (Å²) in [5, 5.41) is 3.14. The maximum atomic E-state index is 12.1. The number of halogens is 4. The zero-order valence-corrected chi connectivity index (χ0v) is 12.7. The van der Waals surface area contributed by atoms with Crippen LogP contribution in [0.3, 0.4) is 0 Å². The van der Waals surface area contributed by atoms with Gasteiger partial charge in [0, 0.05) is 4.47 Å². The van der Waals surface area contributed by atoms with Crippen LogP contribution in [0.25, 0.3) is 0 Å². The minimum Gasteiger partial charge on any atom is -0.406 e. The maximum absolute atomic E-state index is 12.1. The van der Waals surface area contributed by atoms with Crippen LogP contribution in [0.4, 0.5) is 13.2 Å². The average Bonchev–Trinajstić information content (AvgIpc) is 2.42. The Hall–Kier alpha value is -1.53. The normalized spacial score (nSPS) is 13.0. The fourth-order valence-corrected chi connectivity index (χ4v) is 2.31. The van der Waals surface area contributed by atoms with E-state index >= 15 is 0 Å². The van der Waals surface area contributed by atoms with Gasteiger partial charge >= 0.3 is 6.36 Å². The molecule has 0 aliphatic carbocycles. The Kier molecular flexibility index (Phi) is 4.90. The molecule has 2 aromatic carbocycles. The molecule has 1 unspecified atom stereocenters. The van der Waals surface area contributed by atoms with Crippen molar-refractivity contribution in [2.75, 3.05) is 7.05 Å². The smallest absolute Gasteiger partial charge is 0.406 e. The number of rotatable bonds is 4. The van der Waals surface area contributed by atoms with Gasteiger partial charge in [0.2, 0.25) is 0 Å². The predicted molar refractivity (Wildman–Crippen MR) is 78.2 cm³/mol. The van der Waals surface area contributed by atoms with E-state index in [9.17, 15) is 13.2 Å². The van der Waals surface area contributed by atoms with Gasteiger partial charge in [0.05, 0.1) is 6.04 Å². The summed E-state index contributed by atoms with van der Waals surface area (Å²) >= 11 is 3.37. The molecule has 0 aliphatic rings. The molecule has 1 atom stereocenters. The lowest BCUT2D eigenvalue weighted by Gasteiger charge is -2.18. The van der Waals surface area contributed by atoms with Crippen molar-refractivity contribution < 1.29 is 17.9 Å². The summed E-state index contributed by atoms with van der Waals surface area (Å²) in [5.74, 6) is -0.225. The van der Waals surface area contributed by atoms with Gasteiger partial charge in [0.15, 0.2) is 0 Å². The molecule has 0 spiro atoms. The average molecular weight is 360 g/mol. The largest absolute Gasteiger partial charge is 0.573 e. The standard InChI is InChI=1S/C15H13BrF3NO/c1-20-14(10-2-6-12(16)7-3-10)11-4-8-13(9-5-11)21-15(17,18)19/h2-9,14,20H,1H3. The second kappa shape index (κ2) is 6.49. The summed E-state index contributed by atoms with van der Waals surface area (Å²) < 4.78 is 41.2. The second-order valence-corrected chi connectivity index (χ2v) is 5.31. The molecule has 0 aliphatic heterocycles. The summed E-state index contributed by atoms with van der Waals surface area (Å²) in [6.45, 7) is 0. The van der Waals surface area contributed by atoms with Crippen LogP contribution in [0.2, 0.25) is 0 Å². The Morgan fingerprint density at radius 2 is 1.43 bits per heavy atom. The number of nitrogens with one attached hydrogen (secondary N) is 1. The van der Waals surface area contributed by atoms with Gasteiger partial charge in [-0.1, -0.05) is 40.2 Å². The Bertz CT molecular complexity index is 581. The highest BCUT2D eigenvalue weighted by Crippen LogP contribution is 2.27. The van der Waals surface area contributed by atoms with Crippen LogP contribution in [0, 0.1) is 0 Å². The number of alkyl halides is 3. The van der Waals surface area contributed by atoms with Crippen LogP contribution in [0.5, 0.6) is 5.75 Å². The van der Waals surface area contributed by atoms with E-state index in [4.69, 9.17) is 0 Å². The topological polar surface area (TPSA) is 21.3 Å². The zero-order valence-electron chi connectivity index (χ0n) is 11.1. The molecule has 21 heavy (non-hydrogen) atoms. The molecule has 2 nitrogen and oxygen atoms in total.